The number of hydrogen-bond donors (Lipinski definition) is 2. The van der Waals surface area contributed by atoms with Gasteiger partial charge in [-0.3, -0.25) is 0 Å². The van der Waals surface area contributed by atoms with Gasteiger partial charge >= 0.3 is 0 Å². The predicted molar refractivity (Wildman–Crippen MR) is 75.0 cm³/mol. The summed E-state index contributed by atoms with van der Waals surface area (Å²) in [4.78, 5) is 0. The van der Waals surface area contributed by atoms with Crippen LogP contribution in [0.2, 0.25) is 0 Å². The molecular formula is C13H18N2S. The number of hydrogen-bond acceptors (Lipinski definition) is 1. The van der Waals surface area contributed by atoms with Crippen LogP contribution in [-0.4, -0.2) is 11.7 Å². The molecule has 1 aromatic carbocycles. The molecule has 1 aromatic rings. The zero-order valence-corrected chi connectivity index (χ0v) is 10.9. The number of benzene rings is 1. The van der Waals surface area contributed by atoms with Crippen molar-refractivity contribution in [3.8, 4) is 0 Å². The Balaban J connectivity index is 2.59. The van der Waals surface area contributed by atoms with Crippen LogP contribution in [0, 0.1) is 13.8 Å². The summed E-state index contributed by atoms with van der Waals surface area (Å²) in [5.74, 6) is 0. The molecule has 0 aliphatic heterocycles. The van der Waals surface area contributed by atoms with E-state index >= 15 is 0 Å². The Hall–Kier alpha value is -1.35. The van der Waals surface area contributed by atoms with Crippen molar-refractivity contribution in [1.29, 1.82) is 0 Å². The van der Waals surface area contributed by atoms with E-state index in [1.54, 1.807) is 0 Å². The Morgan fingerprint density at radius 3 is 2.62 bits per heavy atom. The van der Waals surface area contributed by atoms with Crippen molar-refractivity contribution in [3.63, 3.8) is 0 Å². The van der Waals surface area contributed by atoms with Crippen LogP contribution in [-0.2, 0) is 0 Å². The Morgan fingerprint density at radius 2 is 2.06 bits per heavy atom. The molecule has 0 saturated heterocycles. The normalized spacial score (nSPS) is 9.69. The van der Waals surface area contributed by atoms with Crippen molar-refractivity contribution in [2.45, 2.75) is 20.8 Å². The number of aryl methyl sites for hydroxylation is 2. The van der Waals surface area contributed by atoms with Gasteiger partial charge in [0, 0.05) is 12.2 Å². The smallest absolute Gasteiger partial charge is 0.171 e. The first-order chi connectivity index (χ1) is 7.49. The van der Waals surface area contributed by atoms with Crippen molar-refractivity contribution in [1.82, 2.24) is 5.32 Å². The number of nitrogens with one attached hydrogen (secondary N) is 2. The van der Waals surface area contributed by atoms with Gasteiger partial charge in [0.2, 0.25) is 0 Å². The van der Waals surface area contributed by atoms with Crippen molar-refractivity contribution in [2.75, 3.05) is 11.9 Å². The second-order valence-corrected chi connectivity index (χ2v) is 4.49. The van der Waals surface area contributed by atoms with Gasteiger partial charge in [-0.25, -0.2) is 0 Å². The van der Waals surface area contributed by atoms with Gasteiger partial charge in [-0.15, -0.1) is 0 Å². The van der Waals surface area contributed by atoms with E-state index in [0.29, 0.717) is 11.7 Å². The molecule has 0 fully saturated rings. The third-order valence-electron chi connectivity index (χ3n) is 2.18. The summed E-state index contributed by atoms with van der Waals surface area (Å²) in [5, 5.41) is 6.90. The highest BCUT2D eigenvalue weighted by atomic mass is 32.1. The highest BCUT2D eigenvalue weighted by Crippen LogP contribution is 2.15. The maximum absolute atomic E-state index is 5.18. The van der Waals surface area contributed by atoms with Gasteiger partial charge in [0.1, 0.15) is 0 Å². The predicted octanol–water partition coefficient (Wildman–Crippen LogP) is 3.17. The minimum Gasteiger partial charge on any atom is -0.359 e. The van der Waals surface area contributed by atoms with Gasteiger partial charge < -0.3 is 10.6 Å². The van der Waals surface area contributed by atoms with E-state index in [9.17, 15) is 0 Å². The maximum Gasteiger partial charge on any atom is 0.171 e. The molecule has 0 heterocycles. The lowest BCUT2D eigenvalue weighted by Crippen LogP contribution is -2.29. The quantitative estimate of drug-likeness (QED) is 0.620. The second-order valence-electron chi connectivity index (χ2n) is 4.08. The molecule has 0 saturated carbocycles. The van der Waals surface area contributed by atoms with E-state index in [0.717, 1.165) is 11.3 Å². The Kier molecular flexibility index (Phi) is 4.50. The molecule has 0 aromatic heterocycles. The van der Waals surface area contributed by atoms with Crippen LogP contribution in [0.5, 0.6) is 0 Å². The summed E-state index contributed by atoms with van der Waals surface area (Å²) < 4.78 is 0. The Morgan fingerprint density at radius 1 is 1.38 bits per heavy atom. The highest BCUT2D eigenvalue weighted by Gasteiger charge is 2.00. The third kappa shape index (κ3) is 4.03. The van der Waals surface area contributed by atoms with Crippen LogP contribution in [0.15, 0.2) is 30.4 Å². The molecule has 16 heavy (non-hydrogen) atoms. The molecule has 86 valence electrons. The van der Waals surface area contributed by atoms with Gasteiger partial charge in [0.15, 0.2) is 5.11 Å². The molecule has 0 spiro atoms. The van der Waals surface area contributed by atoms with Crippen LogP contribution in [0.3, 0.4) is 0 Å². The minimum atomic E-state index is 0.634. The van der Waals surface area contributed by atoms with Crippen LogP contribution in [0.25, 0.3) is 0 Å². The fourth-order valence-corrected chi connectivity index (χ4v) is 1.53. The molecule has 3 heteroatoms. The molecule has 0 bridgehead atoms. The van der Waals surface area contributed by atoms with Gasteiger partial charge in [-0.2, -0.15) is 0 Å². The van der Waals surface area contributed by atoms with Crippen LogP contribution in [0.1, 0.15) is 18.1 Å². The summed E-state index contributed by atoms with van der Waals surface area (Å²) in [6.07, 6.45) is 0. The summed E-state index contributed by atoms with van der Waals surface area (Å²) in [5.41, 5.74) is 4.55. The summed E-state index contributed by atoms with van der Waals surface area (Å²) in [6.45, 7) is 10.6. The van der Waals surface area contributed by atoms with Gasteiger partial charge in [0.05, 0.1) is 0 Å². The lowest BCUT2D eigenvalue weighted by Gasteiger charge is -2.12. The number of anilines is 1. The molecule has 0 atom stereocenters. The van der Waals surface area contributed by atoms with Crippen molar-refractivity contribution in [2.24, 2.45) is 0 Å². The molecule has 2 N–H and O–H groups in total. The molecule has 1 rings (SSSR count). The van der Waals surface area contributed by atoms with Crippen molar-refractivity contribution >= 4 is 23.0 Å². The van der Waals surface area contributed by atoms with E-state index in [1.165, 1.54) is 11.1 Å². The van der Waals surface area contributed by atoms with Gasteiger partial charge in [0.25, 0.3) is 0 Å². The van der Waals surface area contributed by atoms with E-state index in [4.69, 9.17) is 12.2 Å². The standard InChI is InChI=1S/C13H18N2S/c1-9(2)8-14-13(16)15-12-6-5-10(3)7-11(12)4/h5-7H,1,8H2,2-4H3,(H2,14,15,16). The highest BCUT2D eigenvalue weighted by molar-refractivity contribution is 7.80. The number of thiocarbonyl (C=S) groups is 1. The largest absolute Gasteiger partial charge is 0.359 e. The Bertz CT molecular complexity index is 410. The number of rotatable bonds is 3. The SMILES string of the molecule is C=C(C)CNC(=S)Nc1ccc(C)cc1C. The summed E-state index contributed by atoms with van der Waals surface area (Å²) in [7, 11) is 0. The fourth-order valence-electron chi connectivity index (χ4n) is 1.35. The lowest BCUT2D eigenvalue weighted by atomic mass is 10.1. The maximum atomic E-state index is 5.18. The molecule has 0 aliphatic rings. The van der Waals surface area contributed by atoms with E-state index in [2.05, 4.69) is 43.2 Å². The first-order valence-corrected chi connectivity index (χ1v) is 5.66. The summed E-state index contributed by atoms with van der Waals surface area (Å²) >= 11 is 5.18. The molecule has 0 unspecified atom stereocenters. The molecule has 0 radical (unpaired) electrons. The topological polar surface area (TPSA) is 24.1 Å². The first kappa shape index (κ1) is 12.7. The lowest BCUT2D eigenvalue weighted by molar-refractivity contribution is 0.999. The third-order valence-corrected chi connectivity index (χ3v) is 2.43. The monoisotopic (exact) mass is 234 g/mol. The van der Waals surface area contributed by atoms with Gasteiger partial charge in [-0.05, 0) is 44.6 Å². The van der Waals surface area contributed by atoms with E-state index < -0.39 is 0 Å². The van der Waals surface area contributed by atoms with Gasteiger partial charge in [-0.1, -0.05) is 29.8 Å². The fraction of sp³-hybridized carbons (Fsp3) is 0.308. The zero-order valence-electron chi connectivity index (χ0n) is 10.1. The van der Waals surface area contributed by atoms with Crippen LogP contribution < -0.4 is 10.6 Å². The second kappa shape index (κ2) is 5.66. The minimum absolute atomic E-state index is 0.634. The van der Waals surface area contributed by atoms with Crippen molar-refractivity contribution in [3.05, 3.63) is 41.5 Å². The average Bonchev–Trinajstić information content (AvgIpc) is 2.19. The average molecular weight is 234 g/mol. The molecule has 2 nitrogen and oxygen atoms in total. The zero-order chi connectivity index (χ0) is 12.1. The summed E-state index contributed by atoms with van der Waals surface area (Å²) in [6, 6.07) is 6.24. The van der Waals surface area contributed by atoms with Crippen LogP contribution in [0.4, 0.5) is 5.69 Å². The Labute approximate surface area is 103 Å². The van der Waals surface area contributed by atoms with Crippen molar-refractivity contribution < 1.29 is 0 Å². The molecular weight excluding hydrogens is 216 g/mol. The first-order valence-electron chi connectivity index (χ1n) is 5.25. The molecule has 0 aliphatic carbocycles. The molecule has 0 amide bonds. The van der Waals surface area contributed by atoms with Crippen LogP contribution >= 0.6 is 12.2 Å². The van der Waals surface area contributed by atoms with E-state index in [1.807, 2.05) is 13.0 Å². The van der Waals surface area contributed by atoms with E-state index in [-0.39, 0.29) is 0 Å².